The van der Waals surface area contributed by atoms with E-state index in [-0.39, 0.29) is 133 Å². The summed E-state index contributed by atoms with van der Waals surface area (Å²) in [4.78, 5) is 80.5. The Balaban J connectivity index is 0.000000198. The van der Waals surface area contributed by atoms with Crippen LogP contribution in [0.1, 0.15) is 137 Å². The molecule has 0 bridgehead atoms. The third-order valence-corrected chi connectivity index (χ3v) is 21.7. The van der Waals surface area contributed by atoms with Crippen molar-refractivity contribution in [3.05, 3.63) is 486 Å². The maximum absolute atomic E-state index is 14.2. The number of benzene rings is 8. The van der Waals surface area contributed by atoms with Crippen molar-refractivity contribution in [1.82, 2.24) is 49.8 Å². The summed E-state index contributed by atoms with van der Waals surface area (Å²) in [7, 11) is 3.96. The second kappa shape index (κ2) is 53.2. The van der Waals surface area contributed by atoms with Crippen LogP contribution in [0.25, 0.3) is 33.8 Å². The number of carbonyl (C=O) groups excluding carboxylic acids is 1. The molecule has 28 heteroatoms. The fourth-order valence-electron chi connectivity index (χ4n) is 13.9. The summed E-state index contributed by atoms with van der Waals surface area (Å²) in [6.45, 7) is 16.2. The first-order chi connectivity index (χ1) is 66.6. The topological polar surface area (TPSA) is 270 Å². The van der Waals surface area contributed by atoms with Gasteiger partial charge in [-0.15, -0.1) is 149 Å². The molecule has 10 aromatic heterocycles. The summed E-state index contributed by atoms with van der Waals surface area (Å²) in [5, 5.41) is 18.3. The molecule has 0 aliphatic rings. The van der Waals surface area contributed by atoms with Crippen molar-refractivity contribution in [3.8, 4) is 91.9 Å². The Labute approximate surface area is 901 Å². The van der Waals surface area contributed by atoms with E-state index in [0.717, 1.165) is 68.3 Å². The van der Waals surface area contributed by atoms with Crippen molar-refractivity contribution in [1.29, 1.82) is 0 Å². The summed E-state index contributed by atoms with van der Waals surface area (Å²) >= 11 is 0. The van der Waals surface area contributed by atoms with Crippen molar-refractivity contribution >= 4 is 23.4 Å². The number of carbonyl (C=O) groups is 3. The number of hydrogen-bond donors (Lipinski definition) is 2. The fourth-order valence-corrected chi connectivity index (χ4v) is 13.9. The summed E-state index contributed by atoms with van der Waals surface area (Å²) in [6.07, 6.45) is 8.51. The van der Waals surface area contributed by atoms with Crippen molar-refractivity contribution in [2.24, 2.45) is 0 Å². The van der Waals surface area contributed by atoms with Crippen LogP contribution in [0.2, 0.25) is 0 Å². The Morgan fingerprint density at radius 2 is 0.685 bits per heavy atom. The van der Waals surface area contributed by atoms with Gasteiger partial charge in [0.25, 0.3) is 0 Å². The van der Waals surface area contributed by atoms with Crippen LogP contribution in [0.3, 0.4) is 0 Å². The molecule has 0 saturated carbocycles. The van der Waals surface area contributed by atoms with Crippen molar-refractivity contribution in [2.75, 3.05) is 19.0 Å². The number of carboxylic acids is 2. The molecule has 0 spiro atoms. The number of nitrogens with zero attached hydrogens (tertiary/aromatic N) is 11. The van der Waals surface area contributed by atoms with E-state index in [9.17, 15) is 23.2 Å². The largest absolute Gasteiger partial charge is 2.00 e. The van der Waals surface area contributed by atoms with Crippen LogP contribution >= 0.6 is 0 Å². The second-order valence-electron chi connectivity index (χ2n) is 33.1. The Kier molecular flexibility index (Phi) is 41.9. The molecule has 21 nitrogen and oxygen atoms in total. The Morgan fingerprint density at radius 1 is 0.322 bits per heavy atom. The Bertz CT molecular complexity index is 7060. The van der Waals surface area contributed by atoms with E-state index in [1.54, 1.807) is 134 Å². The molecule has 10 heterocycles. The number of anilines is 1. The van der Waals surface area contributed by atoms with Gasteiger partial charge in [0.2, 0.25) is 29.4 Å². The van der Waals surface area contributed by atoms with Crippen LogP contribution in [0.5, 0.6) is 58.1 Å². The van der Waals surface area contributed by atoms with Crippen LogP contribution < -0.4 is 28.6 Å². The van der Waals surface area contributed by atoms with Gasteiger partial charge >= 0.3 is 75.1 Å². The number of hydrogen-bond acceptors (Lipinski definition) is 19. The zero-order valence-corrected chi connectivity index (χ0v) is 89.8. The van der Waals surface area contributed by atoms with Crippen LogP contribution in [0, 0.1) is 60.2 Å². The van der Waals surface area contributed by atoms with E-state index in [1.807, 2.05) is 255 Å². The van der Waals surface area contributed by atoms with E-state index in [2.05, 4.69) is 113 Å². The van der Waals surface area contributed by atoms with Gasteiger partial charge in [-0.3, -0.25) is 8.78 Å². The summed E-state index contributed by atoms with van der Waals surface area (Å²) in [5.74, 6) is 1.35. The quantitative estimate of drug-likeness (QED) is 0.0377. The van der Waals surface area contributed by atoms with Gasteiger partial charge in [0.05, 0.1) is 11.4 Å². The second-order valence-corrected chi connectivity index (χ2v) is 33.1. The number of aromatic nitrogens is 10. The van der Waals surface area contributed by atoms with E-state index in [4.69, 9.17) is 38.9 Å². The van der Waals surface area contributed by atoms with Gasteiger partial charge in [0.15, 0.2) is 0 Å². The van der Waals surface area contributed by atoms with Crippen LogP contribution in [-0.4, -0.2) is 91.9 Å². The molecule has 732 valence electrons. The normalized spacial score (nSPS) is 10.7. The molecule has 0 radical (unpaired) electrons. The maximum atomic E-state index is 14.2. The van der Waals surface area contributed by atoms with Crippen molar-refractivity contribution < 1.29 is 162 Å². The molecule has 0 fully saturated rings. The van der Waals surface area contributed by atoms with E-state index in [0.29, 0.717) is 92.2 Å². The predicted octanol–water partition coefficient (Wildman–Crippen LogP) is 25.0. The van der Waals surface area contributed by atoms with E-state index in [1.165, 1.54) is 12.1 Å². The van der Waals surface area contributed by atoms with Gasteiger partial charge in [0, 0.05) is 202 Å². The molecule has 0 unspecified atom stereocenters. The standard InChI is InChI=1S/C25H18F2N2O.C25H19N3O2.C25H20N2O.2C20H17N2O3.5Pt/c1-25(2,17-7-5-8-19(15-17)30-24-11-3-4-14-28-24)23-10-6-9-22(29-23)20-13-12-18(26)16-21(20)27;1-28(2)20-14-15-26-23(17-20)19-10-6-11-21(16-19)30-24-13-7-12-22(27-24)25(29)18-8-4-3-5-9-18;1-25(2,20-11-4-3-5-12-20)23-15-9-16-24(27-23)28-21-13-8-10-19(18-21)22-14-6-7-17-26-22;2*1-20(2,17-10-6-9-16(22-17)19(23)24)14-7-5-8-15(13-14)25-18-11-3-4-12-21-18;;;;;/h3-12,14,16H,1-2H3;3-8,10-15,17H,1-2H3;3-11,13-17H,1-2H3;2*3-12H,1-2H3,(H,23,24);;;;;/q3*-2;2*-1;;;3*+2. The van der Waals surface area contributed by atoms with Gasteiger partial charge in [-0.25, -0.2) is 44.5 Å². The number of carboxylic acid groups (broad SMARTS) is 2. The molecule has 0 atom stereocenters. The third kappa shape index (κ3) is 30.8. The summed E-state index contributed by atoms with van der Waals surface area (Å²) in [6, 6.07) is 122. The van der Waals surface area contributed by atoms with Gasteiger partial charge in [-0.1, -0.05) is 152 Å². The first-order valence-electron chi connectivity index (χ1n) is 43.6. The summed E-state index contributed by atoms with van der Waals surface area (Å²) in [5.41, 5.74) is 10.4. The van der Waals surface area contributed by atoms with Gasteiger partial charge in [-0.05, 0) is 89.9 Å². The molecule has 0 saturated heterocycles. The number of ether oxygens (including phenoxy) is 5. The Morgan fingerprint density at radius 3 is 1.13 bits per heavy atom. The smallest absolute Gasteiger partial charge is 0.477 e. The van der Waals surface area contributed by atoms with Gasteiger partial charge in [-0.2, -0.15) is 72.3 Å². The van der Waals surface area contributed by atoms with Gasteiger partial charge in [0.1, 0.15) is 17.2 Å². The van der Waals surface area contributed by atoms with Crippen LogP contribution in [-0.2, 0) is 127 Å². The molecule has 0 aliphatic heterocycles. The average Bonchev–Trinajstić information content (AvgIpc) is 0.783. The minimum Gasteiger partial charge on any atom is -0.477 e. The zero-order valence-electron chi connectivity index (χ0n) is 78.5. The number of pyridine rings is 10. The van der Waals surface area contributed by atoms with E-state index >= 15 is 0 Å². The van der Waals surface area contributed by atoms with Gasteiger partial charge < -0.3 is 58.5 Å². The fraction of sp³-hybridized carbons (Fsp3) is 0.122. The predicted molar refractivity (Wildman–Crippen MR) is 522 cm³/mol. The third-order valence-electron chi connectivity index (χ3n) is 21.7. The number of ketones is 1. The van der Waals surface area contributed by atoms with Crippen molar-refractivity contribution in [3.63, 3.8) is 0 Å². The SMILES string of the molecule is CC(C)(c1[c-]c(Oc2ccccn2)ccc1)c1cccc(-c2[c-]cc(F)cc2F)n1.CC(C)(c1[c-]c(Oc2ccccn2)ccc1)c1cccc(C(=O)O)n1.CC(C)(c1[c-]c(Oc2ccccn2)ccc1)c1cccc(C(=O)O)n1.CC(C)(c1[c-]cccc1)c1cccc(Oc2[c-]c(-c3ccccn3)ccc2)n1.CN(C)c1ccnc(-c2[c-]c(Oc3cccc(C(=O)c4[c-]cccc4)n3)ccc2)c1.[Pt+2].[Pt+2].[Pt+2].[Pt].[Pt]. The number of aromatic carboxylic acids is 2. The maximum Gasteiger partial charge on any atom is 2.00 e. The summed E-state index contributed by atoms with van der Waals surface area (Å²) < 4.78 is 56.6. The molecule has 8 aromatic carbocycles. The molecule has 18 rings (SSSR count). The molecule has 143 heavy (non-hydrogen) atoms. The zero-order chi connectivity index (χ0) is 97.2. The first kappa shape index (κ1) is 113. The number of rotatable bonds is 26. The van der Waals surface area contributed by atoms with Crippen molar-refractivity contribution in [2.45, 2.75) is 77.0 Å². The minimum absolute atomic E-state index is 0. The molecule has 18 aromatic rings. The molecule has 2 N–H and O–H groups in total. The Hall–Kier alpha value is -14.0. The van der Waals surface area contributed by atoms with Crippen LogP contribution in [0.4, 0.5) is 14.5 Å². The van der Waals surface area contributed by atoms with Crippen LogP contribution in [0.15, 0.2) is 359 Å². The van der Waals surface area contributed by atoms with E-state index < -0.39 is 39.8 Å². The number of halogens is 2. The molecule has 0 aliphatic carbocycles. The first-order valence-corrected chi connectivity index (χ1v) is 43.6. The average molecular weight is 2800 g/mol. The molecular weight excluding hydrogens is 2710 g/mol. The monoisotopic (exact) mass is 2800 g/mol. The minimum atomic E-state index is -1.05. The molecular formula is C115H91F2N11O10Pt5-2. The molecule has 0 amide bonds.